The maximum Gasteiger partial charge on any atom is 0.0802 e. The fraction of sp³-hybridized carbons (Fsp3) is 0.700. The van der Waals surface area contributed by atoms with Crippen molar-refractivity contribution in [2.45, 2.75) is 78.7 Å². The van der Waals surface area contributed by atoms with E-state index in [9.17, 15) is 5.11 Å². The van der Waals surface area contributed by atoms with Crippen LogP contribution in [0.4, 0.5) is 0 Å². The Kier molecular flexibility index (Phi) is 7.45. The van der Waals surface area contributed by atoms with Crippen LogP contribution < -0.4 is 0 Å². The van der Waals surface area contributed by atoms with Crippen LogP contribution in [0.25, 0.3) is 0 Å². The molecule has 2 atom stereocenters. The molecule has 0 aromatic rings. The third-order valence-corrected chi connectivity index (χ3v) is 4.61. The van der Waals surface area contributed by atoms with Gasteiger partial charge in [0.1, 0.15) is 0 Å². The molecule has 1 aliphatic rings. The van der Waals surface area contributed by atoms with Crippen LogP contribution in [0.1, 0.15) is 73.1 Å². The van der Waals surface area contributed by atoms with Crippen molar-refractivity contribution in [2.75, 3.05) is 0 Å². The first-order valence-electron chi connectivity index (χ1n) is 8.53. The van der Waals surface area contributed by atoms with Crippen molar-refractivity contribution in [3.63, 3.8) is 0 Å². The van der Waals surface area contributed by atoms with Gasteiger partial charge in [-0.1, -0.05) is 49.3 Å². The van der Waals surface area contributed by atoms with Crippen molar-refractivity contribution < 1.29 is 5.11 Å². The second kappa shape index (κ2) is 8.58. The Bertz CT molecular complexity index is 396. The molecule has 120 valence electrons. The lowest BCUT2D eigenvalue weighted by Crippen LogP contribution is -2.21. The third kappa shape index (κ3) is 7.66. The number of rotatable bonds is 1. The van der Waals surface area contributed by atoms with E-state index in [-0.39, 0.29) is 0 Å². The zero-order valence-corrected chi connectivity index (χ0v) is 14.7. The molecule has 0 fully saturated rings. The lowest BCUT2D eigenvalue weighted by molar-refractivity contribution is 0.102. The molecule has 0 aromatic carbocycles. The molecule has 1 heteroatoms. The summed E-state index contributed by atoms with van der Waals surface area (Å²) >= 11 is 0. The van der Waals surface area contributed by atoms with E-state index >= 15 is 0 Å². The average molecular weight is 290 g/mol. The van der Waals surface area contributed by atoms with Crippen molar-refractivity contribution >= 4 is 0 Å². The topological polar surface area (TPSA) is 20.2 Å². The van der Waals surface area contributed by atoms with E-state index in [4.69, 9.17) is 0 Å². The minimum atomic E-state index is -0.682. The SMILES string of the molecule is CC1=CCC[C@](C)(O)C=C[C@H](C(C)C)CCC(C)=CCC1. The second-order valence-corrected chi connectivity index (χ2v) is 7.34. The third-order valence-electron chi connectivity index (χ3n) is 4.61. The molecular weight excluding hydrogens is 256 g/mol. The Morgan fingerprint density at radius 3 is 2.38 bits per heavy atom. The van der Waals surface area contributed by atoms with Gasteiger partial charge in [0.2, 0.25) is 0 Å². The Hall–Kier alpha value is -0.820. The molecule has 1 rings (SSSR count). The molecule has 21 heavy (non-hydrogen) atoms. The van der Waals surface area contributed by atoms with Gasteiger partial charge in [0.15, 0.2) is 0 Å². The first-order chi connectivity index (χ1) is 9.80. The minimum Gasteiger partial charge on any atom is -0.386 e. The summed E-state index contributed by atoms with van der Waals surface area (Å²) < 4.78 is 0. The van der Waals surface area contributed by atoms with E-state index in [2.05, 4.69) is 45.9 Å². The number of hydrogen-bond acceptors (Lipinski definition) is 1. The maximum atomic E-state index is 10.5. The molecule has 0 saturated heterocycles. The molecule has 1 aliphatic carbocycles. The van der Waals surface area contributed by atoms with Crippen molar-refractivity contribution in [2.24, 2.45) is 11.8 Å². The highest BCUT2D eigenvalue weighted by Crippen LogP contribution is 2.25. The average Bonchev–Trinajstić information content (AvgIpc) is 2.37. The predicted octanol–water partition coefficient (Wildman–Crippen LogP) is 5.81. The van der Waals surface area contributed by atoms with Crippen molar-refractivity contribution in [3.8, 4) is 0 Å². The van der Waals surface area contributed by atoms with Crippen LogP contribution in [0.15, 0.2) is 35.5 Å². The van der Waals surface area contributed by atoms with Crippen LogP contribution in [0.2, 0.25) is 0 Å². The van der Waals surface area contributed by atoms with Gasteiger partial charge in [-0.25, -0.2) is 0 Å². The van der Waals surface area contributed by atoms with Gasteiger partial charge in [-0.2, -0.15) is 0 Å². The van der Waals surface area contributed by atoms with E-state index in [1.54, 1.807) is 0 Å². The molecule has 0 aliphatic heterocycles. The summed E-state index contributed by atoms with van der Waals surface area (Å²) in [5.74, 6) is 1.18. The lowest BCUT2D eigenvalue weighted by Gasteiger charge is -2.22. The van der Waals surface area contributed by atoms with E-state index in [0.717, 1.165) is 32.1 Å². The highest BCUT2D eigenvalue weighted by atomic mass is 16.3. The van der Waals surface area contributed by atoms with Crippen molar-refractivity contribution in [1.29, 1.82) is 0 Å². The van der Waals surface area contributed by atoms with Crippen LogP contribution in [0.3, 0.4) is 0 Å². The van der Waals surface area contributed by atoms with E-state index in [1.165, 1.54) is 17.6 Å². The Morgan fingerprint density at radius 1 is 1.10 bits per heavy atom. The fourth-order valence-electron chi connectivity index (χ4n) is 2.82. The standard InChI is InChI=1S/C20H34O/c1-16(2)19-12-11-18(4)9-6-8-17(3)10-7-14-20(5,21)15-13-19/h9-10,13,15-16,19,21H,6-8,11-12,14H2,1-5H3/t19-,20+/m1/s1. The Labute approximate surface area is 131 Å². The summed E-state index contributed by atoms with van der Waals surface area (Å²) in [6, 6.07) is 0. The quantitative estimate of drug-likeness (QED) is 0.604. The summed E-state index contributed by atoms with van der Waals surface area (Å²) in [6.07, 6.45) is 15.4. The van der Waals surface area contributed by atoms with Crippen LogP contribution in [-0.2, 0) is 0 Å². The van der Waals surface area contributed by atoms with Crippen LogP contribution in [0, 0.1) is 11.8 Å². The van der Waals surface area contributed by atoms with Gasteiger partial charge in [-0.3, -0.25) is 0 Å². The highest BCUT2D eigenvalue weighted by molar-refractivity contribution is 5.08. The Balaban J connectivity index is 2.87. The van der Waals surface area contributed by atoms with Gasteiger partial charge >= 0.3 is 0 Å². The van der Waals surface area contributed by atoms with Gasteiger partial charge in [0, 0.05) is 0 Å². The molecule has 1 nitrogen and oxygen atoms in total. The molecule has 0 heterocycles. The van der Waals surface area contributed by atoms with E-state index in [0.29, 0.717) is 11.8 Å². The van der Waals surface area contributed by atoms with Gasteiger partial charge in [-0.15, -0.1) is 0 Å². The van der Waals surface area contributed by atoms with Crippen molar-refractivity contribution in [3.05, 3.63) is 35.5 Å². The smallest absolute Gasteiger partial charge is 0.0802 e. The predicted molar refractivity (Wildman–Crippen MR) is 93.3 cm³/mol. The van der Waals surface area contributed by atoms with Gasteiger partial charge in [-0.05, 0) is 71.1 Å². The normalized spacial score (nSPS) is 29.8. The van der Waals surface area contributed by atoms with E-state index < -0.39 is 5.60 Å². The van der Waals surface area contributed by atoms with Gasteiger partial charge in [0.05, 0.1) is 5.60 Å². The first-order valence-corrected chi connectivity index (χ1v) is 8.53. The molecule has 0 spiro atoms. The molecule has 0 bridgehead atoms. The van der Waals surface area contributed by atoms with Crippen LogP contribution in [-0.4, -0.2) is 10.7 Å². The Morgan fingerprint density at radius 2 is 1.71 bits per heavy atom. The molecule has 1 N–H and O–H groups in total. The molecule has 0 aromatic heterocycles. The second-order valence-electron chi connectivity index (χ2n) is 7.34. The number of allylic oxidation sites excluding steroid dienone is 5. The summed E-state index contributed by atoms with van der Waals surface area (Å²) in [7, 11) is 0. The monoisotopic (exact) mass is 290 g/mol. The van der Waals surface area contributed by atoms with Crippen LogP contribution >= 0.6 is 0 Å². The highest BCUT2D eigenvalue weighted by Gasteiger charge is 2.17. The molecule has 0 unspecified atom stereocenters. The summed E-state index contributed by atoms with van der Waals surface area (Å²) in [5, 5.41) is 10.5. The summed E-state index contributed by atoms with van der Waals surface area (Å²) in [4.78, 5) is 0. The molecule has 0 radical (unpaired) electrons. The molecular formula is C20H34O. The lowest BCUT2D eigenvalue weighted by atomic mass is 9.87. The van der Waals surface area contributed by atoms with E-state index in [1.807, 2.05) is 13.0 Å². The maximum absolute atomic E-state index is 10.5. The number of aliphatic hydroxyl groups is 1. The zero-order valence-electron chi connectivity index (χ0n) is 14.7. The molecule has 0 amide bonds. The summed E-state index contributed by atoms with van der Waals surface area (Å²) in [5.41, 5.74) is 2.26. The largest absolute Gasteiger partial charge is 0.386 e. The molecule has 0 saturated carbocycles. The summed E-state index contributed by atoms with van der Waals surface area (Å²) in [6.45, 7) is 10.9. The van der Waals surface area contributed by atoms with Gasteiger partial charge in [0.25, 0.3) is 0 Å². The van der Waals surface area contributed by atoms with Gasteiger partial charge < -0.3 is 5.11 Å². The zero-order chi connectivity index (χ0) is 15.9. The minimum absolute atomic E-state index is 0.556. The number of hydrogen-bond donors (Lipinski definition) is 1. The van der Waals surface area contributed by atoms with Crippen molar-refractivity contribution in [1.82, 2.24) is 0 Å². The fourth-order valence-corrected chi connectivity index (χ4v) is 2.82. The van der Waals surface area contributed by atoms with Crippen LogP contribution in [0.5, 0.6) is 0 Å². The first kappa shape index (κ1) is 18.2.